The topological polar surface area (TPSA) is 74.8 Å². The molecule has 0 aromatic heterocycles. The SMILES string of the molecule is CC1CC(C(=O)N/N=C/c2cccc(OCc3ccccc3)c2)NN1. The van der Waals surface area contributed by atoms with E-state index in [-0.39, 0.29) is 18.0 Å². The van der Waals surface area contributed by atoms with Gasteiger partial charge in [0.15, 0.2) is 0 Å². The van der Waals surface area contributed by atoms with Crippen LogP contribution in [0.5, 0.6) is 5.75 Å². The Kier molecular flexibility index (Phi) is 5.77. The third kappa shape index (κ3) is 5.14. The number of hydrogen-bond donors (Lipinski definition) is 3. The molecule has 0 radical (unpaired) electrons. The van der Waals surface area contributed by atoms with Gasteiger partial charge in [0, 0.05) is 6.04 Å². The van der Waals surface area contributed by atoms with Crippen molar-refractivity contribution in [3.05, 3.63) is 65.7 Å². The fourth-order valence-corrected chi connectivity index (χ4v) is 2.56. The lowest BCUT2D eigenvalue weighted by atomic mass is 10.1. The molecule has 3 rings (SSSR count). The highest BCUT2D eigenvalue weighted by Crippen LogP contribution is 2.14. The number of nitrogens with zero attached hydrogens (tertiary/aromatic N) is 1. The zero-order valence-electron chi connectivity index (χ0n) is 14.1. The van der Waals surface area contributed by atoms with Crippen LogP contribution in [0.1, 0.15) is 24.5 Å². The summed E-state index contributed by atoms with van der Waals surface area (Å²) in [6.45, 7) is 2.53. The minimum Gasteiger partial charge on any atom is -0.489 e. The van der Waals surface area contributed by atoms with E-state index in [1.807, 2.05) is 61.5 Å². The van der Waals surface area contributed by atoms with Crippen LogP contribution in [-0.2, 0) is 11.4 Å². The fourth-order valence-electron chi connectivity index (χ4n) is 2.56. The summed E-state index contributed by atoms with van der Waals surface area (Å²) in [5.41, 5.74) is 10.5. The molecule has 0 spiro atoms. The molecule has 1 fully saturated rings. The van der Waals surface area contributed by atoms with E-state index < -0.39 is 0 Å². The molecular formula is C19H22N4O2. The van der Waals surface area contributed by atoms with Crippen molar-refractivity contribution in [3.8, 4) is 5.75 Å². The van der Waals surface area contributed by atoms with Crippen molar-refractivity contribution in [2.45, 2.75) is 32.0 Å². The molecule has 1 aliphatic heterocycles. The average molecular weight is 338 g/mol. The van der Waals surface area contributed by atoms with Crippen molar-refractivity contribution in [2.24, 2.45) is 5.10 Å². The maximum atomic E-state index is 12.0. The molecule has 2 aromatic rings. The molecule has 2 aromatic carbocycles. The van der Waals surface area contributed by atoms with Gasteiger partial charge in [-0.15, -0.1) is 0 Å². The van der Waals surface area contributed by atoms with Gasteiger partial charge in [-0.1, -0.05) is 42.5 Å². The lowest BCUT2D eigenvalue weighted by molar-refractivity contribution is -0.122. The summed E-state index contributed by atoms with van der Waals surface area (Å²) < 4.78 is 5.79. The van der Waals surface area contributed by atoms with Gasteiger partial charge in [-0.3, -0.25) is 10.2 Å². The van der Waals surface area contributed by atoms with Crippen molar-refractivity contribution < 1.29 is 9.53 Å². The molecule has 2 unspecified atom stereocenters. The average Bonchev–Trinajstić information content (AvgIpc) is 3.08. The minimum atomic E-state index is -0.257. The first kappa shape index (κ1) is 17.1. The number of hydrazone groups is 1. The van der Waals surface area contributed by atoms with Gasteiger partial charge in [-0.2, -0.15) is 5.10 Å². The first-order valence-corrected chi connectivity index (χ1v) is 8.31. The van der Waals surface area contributed by atoms with Crippen LogP contribution in [0.25, 0.3) is 0 Å². The Morgan fingerprint density at radius 2 is 2.08 bits per heavy atom. The van der Waals surface area contributed by atoms with Crippen LogP contribution in [0.15, 0.2) is 59.7 Å². The Bertz CT molecular complexity index is 733. The van der Waals surface area contributed by atoms with Crippen molar-refractivity contribution in [1.82, 2.24) is 16.3 Å². The smallest absolute Gasteiger partial charge is 0.258 e. The Labute approximate surface area is 147 Å². The Balaban J connectivity index is 1.51. The number of carbonyl (C=O) groups is 1. The van der Waals surface area contributed by atoms with Crippen LogP contribution in [0, 0.1) is 0 Å². The molecule has 1 amide bonds. The molecular weight excluding hydrogens is 316 g/mol. The van der Waals surface area contributed by atoms with Crippen LogP contribution < -0.4 is 21.0 Å². The summed E-state index contributed by atoms with van der Waals surface area (Å²) in [5, 5.41) is 4.02. The van der Waals surface area contributed by atoms with Crippen molar-refractivity contribution in [2.75, 3.05) is 0 Å². The summed E-state index contributed by atoms with van der Waals surface area (Å²) in [6.07, 6.45) is 2.35. The lowest BCUT2D eigenvalue weighted by Gasteiger charge is -2.07. The highest BCUT2D eigenvalue weighted by atomic mass is 16.5. The largest absolute Gasteiger partial charge is 0.489 e. The summed E-state index contributed by atoms with van der Waals surface area (Å²) in [4.78, 5) is 12.0. The number of benzene rings is 2. The molecule has 2 atom stereocenters. The molecule has 1 saturated heterocycles. The van der Waals surface area contributed by atoms with Gasteiger partial charge in [0.05, 0.1) is 6.21 Å². The van der Waals surface area contributed by atoms with Gasteiger partial charge in [0.25, 0.3) is 5.91 Å². The van der Waals surface area contributed by atoms with Gasteiger partial charge in [-0.25, -0.2) is 10.9 Å². The van der Waals surface area contributed by atoms with Crippen LogP contribution in [0.3, 0.4) is 0 Å². The third-order valence-corrected chi connectivity index (χ3v) is 3.90. The van der Waals surface area contributed by atoms with Crippen molar-refractivity contribution >= 4 is 12.1 Å². The predicted octanol–water partition coefficient (Wildman–Crippen LogP) is 1.97. The van der Waals surface area contributed by atoms with Crippen LogP contribution in [0.2, 0.25) is 0 Å². The first-order chi connectivity index (χ1) is 12.2. The summed E-state index contributed by atoms with van der Waals surface area (Å²) in [6, 6.07) is 17.6. The fraction of sp³-hybridized carbons (Fsp3) is 0.263. The number of ether oxygens (including phenoxy) is 1. The molecule has 1 heterocycles. The van der Waals surface area contributed by atoms with Gasteiger partial charge in [0.2, 0.25) is 0 Å². The van der Waals surface area contributed by atoms with Crippen molar-refractivity contribution in [1.29, 1.82) is 0 Å². The molecule has 0 bridgehead atoms. The number of nitrogens with one attached hydrogen (secondary N) is 3. The standard InChI is InChI=1S/C19H22N4O2/c1-14-10-18(22-21-14)19(24)23-20-12-16-8-5-9-17(11-16)25-13-15-6-3-2-4-7-15/h2-9,11-12,14,18,21-22H,10,13H2,1H3,(H,23,24)/b20-12+. The Morgan fingerprint density at radius 1 is 1.24 bits per heavy atom. The number of rotatable bonds is 6. The predicted molar refractivity (Wildman–Crippen MR) is 97.1 cm³/mol. The second-order valence-corrected chi connectivity index (χ2v) is 6.06. The summed E-state index contributed by atoms with van der Waals surface area (Å²) in [7, 11) is 0. The van der Waals surface area contributed by atoms with E-state index in [9.17, 15) is 4.79 Å². The van der Waals surface area contributed by atoms with E-state index in [1.54, 1.807) is 6.21 Å². The lowest BCUT2D eigenvalue weighted by Crippen LogP contribution is -2.41. The molecule has 6 heteroatoms. The van der Waals surface area contributed by atoms with Gasteiger partial charge >= 0.3 is 0 Å². The van der Waals surface area contributed by atoms with Gasteiger partial charge in [-0.05, 0) is 36.6 Å². The molecule has 25 heavy (non-hydrogen) atoms. The third-order valence-electron chi connectivity index (χ3n) is 3.90. The van der Waals surface area contributed by atoms with E-state index in [1.165, 1.54) is 0 Å². The van der Waals surface area contributed by atoms with E-state index in [2.05, 4.69) is 21.4 Å². The second kappa shape index (κ2) is 8.41. The van der Waals surface area contributed by atoms with Crippen LogP contribution in [-0.4, -0.2) is 24.2 Å². The quantitative estimate of drug-likeness (QED) is 0.556. The highest BCUT2D eigenvalue weighted by Gasteiger charge is 2.26. The normalized spacial score (nSPS) is 19.9. The molecule has 6 nitrogen and oxygen atoms in total. The molecule has 130 valence electrons. The highest BCUT2D eigenvalue weighted by molar-refractivity contribution is 5.85. The summed E-state index contributed by atoms with van der Waals surface area (Å²) >= 11 is 0. The van der Waals surface area contributed by atoms with Gasteiger partial charge in [0.1, 0.15) is 18.4 Å². The molecule has 3 N–H and O–H groups in total. The van der Waals surface area contributed by atoms with E-state index in [0.29, 0.717) is 6.61 Å². The second-order valence-electron chi connectivity index (χ2n) is 6.06. The minimum absolute atomic E-state index is 0.149. The van der Waals surface area contributed by atoms with Crippen LogP contribution in [0.4, 0.5) is 0 Å². The number of hydrogen-bond acceptors (Lipinski definition) is 5. The maximum absolute atomic E-state index is 12.0. The monoisotopic (exact) mass is 338 g/mol. The Hall–Kier alpha value is -2.70. The number of hydrazine groups is 1. The number of carbonyl (C=O) groups excluding carboxylic acids is 1. The zero-order valence-corrected chi connectivity index (χ0v) is 14.1. The van der Waals surface area contributed by atoms with E-state index >= 15 is 0 Å². The zero-order chi connectivity index (χ0) is 17.5. The molecule has 1 aliphatic rings. The molecule has 0 saturated carbocycles. The van der Waals surface area contributed by atoms with E-state index in [4.69, 9.17) is 4.74 Å². The maximum Gasteiger partial charge on any atom is 0.258 e. The first-order valence-electron chi connectivity index (χ1n) is 8.31. The summed E-state index contributed by atoms with van der Waals surface area (Å²) in [5.74, 6) is 0.610. The van der Waals surface area contributed by atoms with Gasteiger partial charge < -0.3 is 4.74 Å². The number of amides is 1. The van der Waals surface area contributed by atoms with Crippen molar-refractivity contribution in [3.63, 3.8) is 0 Å². The molecule has 0 aliphatic carbocycles. The Morgan fingerprint density at radius 3 is 2.84 bits per heavy atom. The van der Waals surface area contributed by atoms with Crippen LogP contribution >= 0.6 is 0 Å². The van der Waals surface area contributed by atoms with E-state index in [0.717, 1.165) is 23.3 Å².